The van der Waals surface area contributed by atoms with Crippen molar-refractivity contribution in [2.75, 3.05) is 11.1 Å². The van der Waals surface area contributed by atoms with E-state index >= 15 is 0 Å². The number of carbonyl (C=O) groups is 1. The van der Waals surface area contributed by atoms with Gasteiger partial charge in [-0.05, 0) is 72.5 Å². The van der Waals surface area contributed by atoms with Gasteiger partial charge in [-0.25, -0.2) is 4.39 Å². The fourth-order valence-corrected chi connectivity index (χ4v) is 3.65. The van der Waals surface area contributed by atoms with Crippen LogP contribution in [0.25, 0.3) is 11.1 Å². The average molecular weight is 395 g/mol. The van der Waals surface area contributed by atoms with Gasteiger partial charge in [0.25, 0.3) is 0 Å². The summed E-state index contributed by atoms with van der Waals surface area (Å²) in [6.45, 7) is 4.35. The molecular weight excluding hydrogens is 373 g/mol. The predicted octanol–water partition coefficient (Wildman–Crippen LogP) is 5.90. The van der Waals surface area contributed by atoms with E-state index in [1.807, 2.05) is 49.4 Å². The lowest BCUT2D eigenvalue weighted by Crippen LogP contribution is -2.03. The lowest BCUT2D eigenvalue weighted by atomic mass is 9.94. The molecule has 0 aromatic heterocycles. The highest BCUT2D eigenvalue weighted by Crippen LogP contribution is 2.29. The van der Waals surface area contributed by atoms with Gasteiger partial charge in [0.1, 0.15) is 5.82 Å². The van der Waals surface area contributed by atoms with E-state index in [2.05, 4.69) is 24.4 Å². The Morgan fingerprint density at radius 3 is 2.39 bits per heavy atom. The largest absolute Gasteiger partial charge is 0.481 e. The molecule has 0 heterocycles. The average Bonchev–Trinajstić information content (AvgIpc) is 2.67. The molecule has 3 nitrogen and oxygen atoms in total. The van der Waals surface area contributed by atoms with Crippen LogP contribution in [0.5, 0.6) is 0 Å². The minimum absolute atomic E-state index is 0.0308. The van der Waals surface area contributed by atoms with Gasteiger partial charge in [0.15, 0.2) is 0 Å². The third kappa shape index (κ3) is 4.93. The molecule has 0 aliphatic carbocycles. The van der Waals surface area contributed by atoms with E-state index in [4.69, 9.17) is 5.11 Å². The number of nitrogens with one attached hydrogen (secondary N) is 1. The molecule has 28 heavy (non-hydrogen) atoms. The van der Waals surface area contributed by atoms with Gasteiger partial charge in [0, 0.05) is 22.7 Å². The van der Waals surface area contributed by atoms with Gasteiger partial charge in [-0.15, -0.1) is 11.8 Å². The highest BCUT2D eigenvalue weighted by Gasteiger charge is 2.11. The summed E-state index contributed by atoms with van der Waals surface area (Å²) < 4.78 is 14.5. The molecule has 0 unspecified atom stereocenters. The van der Waals surface area contributed by atoms with Crippen LogP contribution in [0.2, 0.25) is 0 Å². The monoisotopic (exact) mass is 395 g/mol. The van der Waals surface area contributed by atoms with Crippen molar-refractivity contribution in [1.82, 2.24) is 0 Å². The number of benzene rings is 3. The number of hydrogen-bond acceptors (Lipinski definition) is 3. The molecule has 144 valence electrons. The molecule has 5 heteroatoms. The zero-order valence-electron chi connectivity index (χ0n) is 15.8. The summed E-state index contributed by atoms with van der Waals surface area (Å²) >= 11 is 1.27. The van der Waals surface area contributed by atoms with Gasteiger partial charge in [0.2, 0.25) is 0 Å². The third-order valence-electron chi connectivity index (χ3n) is 4.53. The molecule has 0 saturated heterocycles. The van der Waals surface area contributed by atoms with E-state index in [0.717, 1.165) is 32.8 Å². The van der Waals surface area contributed by atoms with Crippen LogP contribution in [0.1, 0.15) is 16.7 Å². The second kappa shape index (κ2) is 8.93. The zero-order valence-corrected chi connectivity index (χ0v) is 16.6. The molecule has 0 radical (unpaired) electrons. The van der Waals surface area contributed by atoms with Gasteiger partial charge in [-0.1, -0.05) is 24.3 Å². The summed E-state index contributed by atoms with van der Waals surface area (Å²) in [5, 5.41) is 12.0. The van der Waals surface area contributed by atoms with Gasteiger partial charge < -0.3 is 10.4 Å². The SMILES string of the molecule is Cc1ccccc1-c1cc(CNc2ccc(SCC(=O)O)cc2)c(F)cc1C. The van der Waals surface area contributed by atoms with Gasteiger partial charge >= 0.3 is 5.97 Å². The highest BCUT2D eigenvalue weighted by atomic mass is 32.2. The standard InChI is InChI=1S/C23H22FNO2S/c1-15-5-3-4-6-20(15)21-12-17(22(24)11-16(21)2)13-25-18-7-9-19(10-8-18)28-14-23(26)27/h3-12,25H,13-14H2,1-2H3,(H,26,27). The molecule has 3 aromatic carbocycles. The topological polar surface area (TPSA) is 49.3 Å². The van der Waals surface area contributed by atoms with Gasteiger partial charge in [-0.2, -0.15) is 0 Å². The molecule has 0 saturated carbocycles. The first-order valence-corrected chi connectivity index (χ1v) is 9.96. The number of aliphatic carboxylic acids is 1. The van der Waals surface area contributed by atoms with Crippen LogP contribution in [0.4, 0.5) is 10.1 Å². The third-order valence-corrected chi connectivity index (χ3v) is 5.53. The lowest BCUT2D eigenvalue weighted by Gasteiger charge is -2.14. The Morgan fingerprint density at radius 2 is 1.71 bits per heavy atom. The quantitative estimate of drug-likeness (QED) is 0.489. The minimum atomic E-state index is -0.841. The van der Waals surface area contributed by atoms with E-state index in [-0.39, 0.29) is 11.6 Å². The van der Waals surface area contributed by atoms with E-state index in [1.165, 1.54) is 11.8 Å². The van der Waals surface area contributed by atoms with E-state index < -0.39 is 5.97 Å². The lowest BCUT2D eigenvalue weighted by molar-refractivity contribution is -0.133. The first kappa shape index (κ1) is 20.0. The maximum absolute atomic E-state index is 14.5. The summed E-state index contributed by atoms with van der Waals surface area (Å²) in [7, 11) is 0. The molecule has 0 bridgehead atoms. The van der Waals surface area contributed by atoms with Crippen molar-refractivity contribution < 1.29 is 14.3 Å². The number of halogens is 1. The molecule has 0 fully saturated rings. The van der Waals surface area contributed by atoms with E-state index in [9.17, 15) is 9.18 Å². The summed E-state index contributed by atoms with van der Waals surface area (Å²) in [5.41, 5.74) is 5.68. The number of anilines is 1. The first-order chi connectivity index (χ1) is 13.4. The second-order valence-electron chi connectivity index (χ2n) is 6.63. The number of rotatable bonds is 7. The Morgan fingerprint density at radius 1 is 1.00 bits per heavy atom. The number of carboxylic acid groups (broad SMARTS) is 1. The maximum atomic E-state index is 14.5. The molecule has 0 amide bonds. The van der Waals surface area contributed by atoms with Crippen molar-refractivity contribution in [3.05, 3.63) is 83.2 Å². The molecule has 3 aromatic rings. The van der Waals surface area contributed by atoms with E-state index in [0.29, 0.717) is 12.1 Å². The highest BCUT2D eigenvalue weighted by molar-refractivity contribution is 8.00. The van der Waals surface area contributed by atoms with E-state index in [1.54, 1.807) is 6.07 Å². The number of thioether (sulfide) groups is 1. The van der Waals surface area contributed by atoms with Crippen molar-refractivity contribution in [3.8, 4) is 11.1 Å². The molecule has 0 atom stereocenters. The fourth-order valence-electron chi connectivity index (χ4n) is 3.03. The van der Waals surface area contributed by atoms with Crippen LogP contribution < -0.4 is 5.32 Å². The predicted molar refractivity (Wildman–Crippen MR) is 113 cm³/mol. The summed E-state index contributed by atoms with van der Waals surface area (Å²) in [5.74, 6) is -1.04. The molecule has 3 rings (SSSR count). The molecule has 0 spiro atoms. The van der Waals surface area contributed by atoms with Crippen LogP contribution >= 0.6 is 11.8 Å². The normalized spacial score (nSPS) is 10.7. The van der Waals surface area contributed by atoms with Crippen LogP contribution in [-0.4, -0.2) is 16.8 Å². The minimum Gasteiger partial charge on any atom is -0.481 e. The van der Waals surface area contributed by atoms with Crippen LogP contribution in [0, 0.1) is 19.7 Å². The van der Waals surface area contributed by atoms with Crippen molar-refractivity contribution in [1.29, 1.82) is 0 Å². The number of carboxylic acids is 1. The van der Waals surface area contributed by atoms with Crippen LogP contribution in [0.3, 0.4) is 0 Å². The Bertz CT molecular complexity index is 986. The van der Waals surface area contributed by atoms with Crippen LogP contribution in [0.15, 0.2) is 65.6 Å². The molecule has 2 N–H and O–H groups in total. The molecule has 0 aliphatic rings. The fraction of sp³-hybridized carbons (Fsp3) is 0.174. The van der Waals surface area contributed by atoms with Crippen molar-refractivity contribution >= 4 is 23.4 Å². The van der Waals surface area contributed by atoms with Crippen molar-refractivity contribution in [3.63, 3.8) is 0 Å². The Balaban J connectivity index is 1.75. The summed E-state index contributed by atoms with van der Waals surface area (Å²) in [4.78, 5) is 11.5. The first-order valence-electron chi connectivity index (χ1n) is 8.97. The molecular formula is C23H22FNO2S. The van der Waals surface area contributed by atoms with Crippen molar-refractivity contribution in [2.24, 2.45) is 0 Å². The van der Waals surface area contributed by atoms with Crippen molar-refractivity contribution in [2.45, 2.75) is 25.3 Å². The number of hydrogen-bond donors (Lipinski definition) is 2. The second-order valence-corrected chi connectivity index (χ2v) is 7.68. The Labute approximate surface area is 168 Å². The summed E-state index contributed by atoms with van der Waals surface area (Å²) in [6, 6.07) is 19.1. The van der Waals surface area contributed by atoms with Gasteiger partial charge in [-0.3, -0.25) is 4.79 Å². The number of aryl methyl sites for hydroxylation is 2. The molecule has 0 aliphatic heterocycles. The Hall–Kier alpha value is -2.79. The van der Waals surface area contributed by atoms with Gasteiger partial charge in [0.05, 0.1) is 5.75 Å². The maximum Gasteiger partial charge on any atom is 0.313 e. The Kier molecular flexibility index (Phi) is 6.37. The smallest absolute Gasteiger partial charge is 0.313 e. The van der Waals surface area contributed by atoms with Crippen LogP contribution in [-0.2, 0) is 11.3 Å². The summed E-state index contributed by atoms with van der Waals surface area (Å²) in [6.07, 6.45) is 0. The zero-order chi connectivity index (χ0) is 20.1.